The Balaban J connectivity index is 1.60. The van der Waals surface area contributed by atoms with Crippen molar-refractivity contribution in [3.8, 4) is 11.5 Å². The largest absolute Gasteiger partial charge is 0.454 e. The van der Waals surface area contributed by atoms with Gasteiger partial charge < -0.3 is 25.2 Å². The molecule has 2 aliphatic heterocycles. The maximum absolute atomic E-state index is 12.5. The van der Waals surface area contributed by atoms with E-state index in [2.05, 4.69) is 10.6 Å². The fourth-order valence-electron chi connectivity index (χ4n) is 2.96. The molecule has 2 heterocycles. The second-order valence-electron chi connectivity index (χ2n) is 6.92. The van der Waals surface area contributed by atoms with Crippen LogP contribution in [0.1, 0.15) is 25.8 Å². The van der Waals surface area contributed by atoms with Crippen LogP contribution in [0.4, 0.5) is 4.79 Å². The second kappa shape index (κ2) is 7.83. The van der Waals surface area contributed by atoms with Crippen molar-refractivity contribution in [2.45, 2.75) is 38.9 Å². The van der Waals surface area contributed by atoms with E-state index in [0.29, 0.717) is 17.1 Å². The fourth-order valence-corrected chi connectivity index (χ4v) is 2.96. The Bertz CT molecular complexity index is 751. The average Bonchev–Trinajstić information content (AvgIpc) is 3.19. The summed E-state index contributed by atoms with van der Waals surface area (Å²) in [5, 5.41) is 14.5. The standard InChI is InChI=1S/C18H23N3O6/c1-10(2)13(8-22)19-16(23)6-12-17(24)21(18(25)20-12)7-11-3-4-14-15(5-11)27-9-26-14/h3-5,10,12-13,22H,6-9H2,1-2H3,(H,19,23)(H,20,25)/t12?,13-/m1/s1. The van der Waals surface area contributed by atoms with Crippen molar-refractivity contribution in [3.63, 3.8) is 0 Å². The van der Waals surface area contributed by atoms with Crippen LogP contribution in [0.2, 0.25) is 0 Å². The van der Waals surface area contributed by atoms with Gasteiger partial charge in [0.1, 0.15) is 6.04 Å². The maximum Gasteiger partial charge on any atom is 0.325 e. The van der Waals surface area contributed by atoms with Crippen LogP contribution in [-0.2, 0) is 16.1 Å². The topological polar surface area (TPSA) is 117 Å². The predicted octanol–water partition coefficient (Wildman–Crippen LogP) is 0.359. The number of fused-ring (bicyclic) bond motifs is 1. The third-order valence-corrected chi connectivity index (χ3v) is 4.62. The summed E-state index contributed by atoms with van der Waals surface area (Å²) in [5.41, 5.74) is 0.716. The first kappa shape index (κ1) is 19.0. The lowest BCUT2D eigenvalue weighted by Crippen LogP contribution is -2.44. The molecule has 2 aliphatic rings. The van der Waals surface area contributed by atoms with Crippen LogP contribution in [0.5, 0.6) is 11.5 Å². The molecule has 1 fully saturated rings. The van der Waals surface area contributed by atoms with Crippen LogP contribution in [0.25, 0.3) is 0 Å². The molecule has 0 aliphatic carbocycles. The molecule has 146 valence electrons. The molecule has 0 aromatic heterocycles. The molecule has 1 aromatic rings. The molecule has 27 heavy (non-hydrogen) atoms. The van der Waals surface area contributed by atoms with Gasteiger partial charge in [-0.3, -0.25) is 14.5 Å². The summed E-state index contributed by atoms with van der Waals surface area (Å²) in [6.07, 6.45) is -0.175. The number of carbonyl (C=O) groups excluding carboxylic acids is 3. The summed E-state index contributed by atoms with van der Waals surface area (Å²) in [4.78, 5) is 37.9. The predicted molar refractivity (Wildman–Crippen MR) is 93.9 cm³/mol. The van der Waals surface area contributed by atoms with E-state index in [4.69, 9.17) is 9.47 Å². The molecular formula is C18H23N3O6. The van der Waals surface area contributed by atoms with Crippen LogP contribution in [-0.4, -0.2) is 53.3 Å². The number of hydrogen-bond acceptors (Lipinski definition) is 6. The summed E-state index contributed by atoms with van der Waals surface area (Å²) >= 11 is 0. The molecule has 2 atom stereocenters. The quantitative estimate of drug-likeness (QED) is 0.591. The van der Waals surface area contributed by atoms with E-state index in [1.165, 1.54) is 0 Å². The lowest BCUT2D eigenvalue weighted by Gasteiger charge is -2.20. The minimum Gasteiger partial charge on any atom is -0.454 e. The molecule has 1 unspecified atom stereocenters. The van der Waals surface area contributed by atoms with Gasteiger partial charge in [0.15, 0.2) is 11.5 Å². The number of urea groups is 1. The van der Waals surface area contributed by atoms with Gasteiger partial charge in [-0.2, -0.15) is 0 Å². The minimum absolute atomic E-state index is 0.0512. The summed E-state index contributed by atoms with van der Waals surface area (Å²) in [7, 11) is 0. The molecule has 0 radical (unpaired) electrons. The number of benzene rings is 1. The summed E-state index contributed by atoms with van der Waals surface area (Å²) in [6, 6.07) is 3.34. The van der Waals surface area contributed by atoms with E-state index >= 15 is 0 Å². The summed E-state index contributed by atoms with van der Waals surface area (Å²) in [5.74, 6) is 0.382. The van der Waals surface area contributed by atoms with Crippen molar-refractivity contribution in [2.24, 2.45) is 5.92 Å². The molecular weight excluding hydrogens is 354 g/mol. The zero-order valence-corrected chi connectivity index (χ0v) is 15.2. The zero-order chi connectivity index (χ0) is 19.6. The normalized spacial score (nSPS) is 19.4. The Morgan fingerprint density at radius 3 is 2.78 bits per heavy atom. The van der Waals surface area contributed by atoms with Crippen molar-refractivity contribution < 1.29 is 29.0 Å². The number of carbonyl (C=O) groups is 3. The van der Waals surface area contributed by atoms with E-state index in [9.17, 15) is 19.5 Å². The Hall–Kier alpha value is -2.81. The number of imide groups is 1. The van der Waals surface area contributed by atoms with Crippen molar-refractivity contribution in [2.75, 3.05) is 13.4 Å². The highest BCUT2D eigenvalue weighted by Gasteiger charge is 2.39. The van der Waals surface area contributed by atoms with Gasteiger partial charge in [-0.15, -0.1) is 0 Å². The molecule has 9 nitrogen and oxygen atoms in total. The lowest BCUT2D eigenvalue weighted by atomic mass is 10.0. The van der Waals surface area contributed by atoms with Crippen molar-refractivity contribution >= 4 is 17.8 Å². The van der Waals surface area contributed by atoms with E-state index in [0.717, 1.165) is 4.90 Å². The van der Waals surface area contributed by atoms with Gasteiger partial charge in [-0.25, -0.2) is 4.79 Å². The number of aliphatic hydroxyl groups is 1. The van der Waals surface area contributed by atoms with Crippen LogP contribution in [0.15, 0.2) is 18.2 Å². The first-order valence-corrected chi connectivity index (χ1v) is 8.79. The highest BCUT2D eigenvalue weighted by Crippen LogP contribution is 2.33. The van der Waals surface area contributed by atoms with Crippen molar-refractivity contribution in [1.82, 2.24) is 15.5 Å². The SMILES string of the molecule is CC(C)[C@@H](CO)NC(=O)CC1NC(=O)N(Cc2ccc3c(c2)OCO3)C1=O. The van der Waals surface area contributed by atoms with E-state index in [1.807, 2.05) is 13.8 Å². The third kappa shape index (κ3) is 4.13. The maximum atomic E-state index is 12.5. The van der Waals surface area contributed by atoms with Gasteiger partial charge in [-0.1, -0.05) is 19.9 Å². The molecule has 4 amide bonds. The minimum atomic E-state index is -0.919. The van der Waals surface area contributed by atoms with Crippen molar-refractivity contribution in [1.29, 1.82) is 0 Å². The molecule has 9 heteroatoms. The van der Waals surface area contributed by atoms with Crippen LogP contribution < -0.4 is 20.1 Å². The fraction of sp³-hybridized carbons (Fsp3) is 0.500. The van der Waals surface area contributed by atoms with Gasteiger partial charge in [0.05, 0.1) is 25.6 Å². The summed E-state index contributed by atoms with van der Waals surface area (Å²) in [6.45, 7) is 3.77. The van der Waals surface area contributed by atoms with Crippen molar-refractivity contribution in [3.05, 3.63) is 23.8 Å². The Morgan fingerprint density at radius 2 is 2.07 bits per heavy atom. The number of aliphatic hydroxyl groups excluding tert-OH is 1. The van der Waals surface area contributed by atoms with Gasteiger partial charge >= 0.3 is 6.03 Å². The first-order valence-electron chi connectivity index (χ1n) is 8.79. The number of ether oxygens (including phenoxy) is 2. The molecule has 0 spiro atoms. The molecule has 0 bridgehead atoms. The van der Waals surface area contributed by atoms with Gasteiger partial charge in [-0.05, 0) is 23.6 Å². The average molecular weight is 377 g/mol. The van der Waals surface area contributed by atoms with E-state index in [1.54, 1.807) is 18.2 Å². The number of nitrogens with one attached hydrogen (secondary N) is 2. The molecule has 3 rings (SSSR count). The van der Waals surface area contributed by atoms with Crippen LogP contribution in [0.3, 0.4) is 0 Å². The van der Waals surface area contributed by atoms with E-state index < -0.39 is 29.9 Å². The Morgan fingerprint density at radius 1 is 1.33 bits per heavy atom. The Kier molecular flexibility index (Phi) is 5.50. The molecule has 1 aromatic carbocycles. The molecule has 1 saturated heterocycles. The van der Waals surface area contributed by atoms with Crippen LogP contribution >= 0.6 is 0 Å². The number of hydrogen-bond donors (Lipinski definition) is 3. The lowest BCUT2D eigenvalue weighted by molar-refractivity contribution is -0.131. The molecule has 3 N–H and O–H groups in total. The number of nitrogens with zero attached hydrogens (tertiary/aromatic N) is 1. The third-order valence-electron chi connectivity index (χ3n) is 4.62. The highest BCUT2D eigenvalue weighted by atomic mass is 16.7. The monoisotopic (exact) mass is 377 g/mol. The zero-order valence-electron chi connectivity index (χ0n) is 15.2. The Labute approximate surface area is 156 Å². The van der Waals surface area contributed by atoms with E-state index in [-0.39, 0.29) is 32.3 Å². The van der Waals surface area contributed by atoms with Gasteiger partial charge in [0.2, 0.25) is 12.7 Å². The smallest absolute Gasteiger partial charge is 0.325 e. The second-order valence-corrected chi connectivity index (χ2v) is 6.92. The molecule has 0 saturated carbocycles. The first-order chi connectivity index (χ1) is 12.9. The highest BCUT2D eigenvalue weighted by molar-refractivity contribution is 6.05. The number of amides is 4. The number of rotatable bonds is 7. The summed E-state index contributed by atoms with van der Waals surface area (Å²) < 4.78 is 10.5. The van der Waals surface area contributed by atoms with Gasteiger partial charge in [0.25, 0.3) is 5.91 Å². The van der Waals surface area contributed by atoms with Crippen LogP contribution in [0, 0.1) is 5.92 Å². The van der Waals surface area contributed by atoms with Gasteiger partial charge in [0, 0.05) is 0 Å².